The number of benzene rings is 1. The lowest BCUT2D eigenvalue weighted by molar-refractivity contribution is -0.118. The topological polar surface area (TPSA) is 87.0 Å². The van der Waals surface area contributed by atoms with E-state index in [2.05, 4.69) is 15.5 Å². The van der Waals surface area contributed by atoms with Gasteiger partial charge in [-0.3, -0.25) is 4.79 Å². The van der Waals surface area contributed by atoms with Crippen molar-refractivity contribution in [1.82, 2.24) is 20.2 Å². The van der Waals surface area contributed by atoms with Gasteiger partial charge in [-0.25, -0.2) is 9.48 Å². The molecular weight excluding hydrogens is 391 g/mol. The van der Waals surface area contributed by atoms with Crippen LogP contribution in [-0.4, -0.2) is 32.0 Å². The lowest BCUT2D eigenvalue weighted by Gasteiger charge is -2.19. The number of ketones is 1. The van der Waals surface area contributed by atoms with Crippen LogP contribution in [-0.2, 0) is 16.1 Å². The molecule has 2 aromatic rings. The normalized spacial score (nSPS) is 21.3. The summed E-state index contributed by atoms with van der Waals surface area (Å²) < 4.78 is 7.07. The number of rotatable bonds is 4. The van der Waals surface area contributed by atoms with E-state index in [4.69, 9.17) is 27.9 Å². The van der Waals surface area contributed by atoms with Crippen molar-refractivity contribution in [2.24, 2.45) is 11.8 Å². The van der Waals surface area contributed by atoms with Gasteiger partial charge in [0.05, 0.1) is 17.1 Å². The molecule has 0 spiro atoms. The van der Waals surface area contributed by atoms with Crippen molar-refractivity contribution in [3.05, 3.63) is 51.0 Å². The van der Waals surface area contributed by atoms with E-state index >= 15 is 0 Å². The molecule has 2 unspecified atom stereocenters. The molecule has 2 atom stereocenters. The Morgan fingerprint density at radius 2 is 2.07 bits per heavy atom. The first-order valence-corrected chi connectivity index (χ1v) is 9.37. The Balaban J connectivity index is 1.60. The van der Waals surface area contributed by atoms with Crippen LogP contribution in [0.1, 0.15) is 41.0 Å². The van der Waals surface area contributed by atoms with Gasteiger partial charge in [-0.15, -0.1) is 5.10 Å². The third-order valence-corrected chi connectivity index (χ3v) is 5.94. The van der Waals surface area contributed by atoms with Crippen LogP contribution < -0.4 is 0 Å². The summed E-state index contributed by atoms with van der Waals surface area (Å²) in [6.07, 6.45) is 3.90. The fourth-order valence-corrected chi connectivity index (χ4v) is 4.16. The molecule has 140 valence electrons. The fraction of sp³-hybridized carbons (Fsp3) is 0.389. The van der Waals surface area contributed by atoms with Gasteiger partial charge in [0, 0.05) is 28.5 Å². The molecule has 9 heteroatoms. The highest BCUT2D eigenvalue weighted by molar-refractivity contribution is 6.38. The Morgan fingerprint density at radius 1 is 1.30 bits per heavy atom. The van der Waals surface area contributed by atoms with Gasteiger partial charge in [0.2, 0.25) is 0 Å². The number of allylic oxidation sites excluding steroid dienone is 2. The quantitative estimate of drug-likeness (QED) is 0.723. The second kappa shape index (κ2) is 7.05. The molecule has 0 amide bonds. The summed E-state index contributed by atoms with van der Waals surface area (Å²) in [5.41, 5.74) is 0.716. The predicted octanol–water partition coefficient (Wildman–Crippen LogP) is 3.38. The van der Waals surface area contributed by atoms with Crippen LogP contribution in [0.5, 0.6) is 0 Å². The van der Waals surface area contributed by atoms with Crippen molar-refractivity contribution in [2.45, 2.75) is 32.7 Å². The number of aryl methyl sites for hydroxylation is 1. The zero-order valence-electron chi connectivity index (χ0n) is 14.5. The molecule has 7 nitrogen and oxygen atoms in total. The van der Waals surface area contributed by atoms with Gasteiger partial charge in [0.15, 0.2) is 5.78 Å². The van der Waals surface area contributed by atoms with Crippen LogP contribution >= 0.6 is 23.2 Å². The third-order valence-electron chi connectivity index (χ3n) is 5.16. The molecule has 1 saturated carbocycles. The molecule has 1 heterocycles. The third kappa shape index (κ3) is 3.37. The highest BCUT2D eigenvalue weighted by atomic mass is 35.5. The van der Waals surface area contributed by atoms with E-state index in [9.17, 15) is 9.59 Å². The maximum atomic E-state index is 12.7. The van der Waals surface area contributed by atoms with Crippen molar-refractivity contribution < 1.29 is 14.3 Å². The first kappa shape index (κ1) is 18.1. The van der Waals surface area contributed by atoms with Crippen molar-refractivity contribution in [3.8, 4) is 0 Å². The van der Waals surface area contributed by atoms with Gasteiger partial charge >= 0.3 is 5.97 Å². The molecule has 4 rings (SSSR count). The molecule has 27 heavy (non-hydrogen) atoms. The minimum Gasteiger partial charge on any atom is -0.427 e. The number of esters is 1. The zero-order chi connectivity index (χ0) is 19.1. The minimum atomic E-state index is -0.601. The summed E-state index contributed by atoms with van der Waals surface area (Å²) in [5.74, 6) is 0.646. The standard InChI is InChI=1S/C18H16Cl2N4O3/c1-9-21-22-23-24(9)8-13-14(19)5-4-12(17(13)20)18(26)27-16-7-15(25)10-2-3-11(16)6-10/h4-5,7,10-11H,2-3,6,8H2,1H3. The number of fused-ring (bicyclic) bond motifs is 2. The zero-order valence-corrected chi connectivity index (χ0v) is 16.0. The summed E-state index contributed by atoms with van der Waals surface area (Å²) in [7, 11) is 0. The smallest absolute Gasteiger partial charge is 0.344 e. The van der Waals surface area contributed by atoms with E-state index in [1.165, 1.54) is 16.8 Å². The van der Waals surface area contributed by atoms with E-state index in [0.29, 0.717) is 22.2 Å². The van der Waals surface area contributed by atoms with E-state index in [0.717, 1.165) is 19.3 Å². The van der Waals surface area contributed by atoms with Gasteiger partial charge in [0.25, 0.3) is 0 Å². The molecule has 2 aliphatic rings. The maximum Gasteiger partial charge on any atom is 0.344 e. The Labute approximate surface area is 165 Å². The minimum absolute atomic E-state index is 0.0311. The van der Waals surface area contributed by atoms with E-state index in [1.807, 2.05) is 0 Å². The number of tetrazole rings is 1. The number of hydrogen-bond acceptors (Lipinski definition) is 6. The molecule has 1 aromatic heterocycles. The van der Waals surface area contributed by atoms with Crippen LogP contribution in [0.15, 0.2) is 24.0 Å². The molecule has 0 aliphatic heterocycles. The predicted molar refractivity (Wildman–Crippen MR) is 97.5 cm³/mol. The molecule has 0 N–H and O–H groups in total. The van der Waals surface area contributed by atoms with E-state index < -0.39 is 5.97 Å². The number of carbonyl (C=O) groups is 2. The van der Waals surface area contributed by atoms with Gasteiger partial charge in [-0.1, -0.05) is 23.2 Å². The molecule has 2 bridgehead atoms. The van der Waals surface area contributed by atoms with Crippen LogP contribution in [0.4, 0.5) is 0 Å². The Kier molecular flexibility index (Phi) is 4.74. The van der Waals surface area contributed by atoms with Gasteiger partial charge in [0.1, 0.15) is 11.6 Å². The second-order valence-corrected chi connectivity index (χ2v) is 7.60. The van der Waals surface area contributed by atoms with E-state index in [1.54, 1.807) is 13.0 Å². The number of carbonyl (C=O) groups excluding carboxylic acids is 2. The fourth-order valence-electron chi connectivity index (χ4n) is 3.59. The van der Waals surface area contributed by atoms with Gasteiger partial charge in [-0.2, -0.15) is 0 Å². The highest BCUT2D eigenvalue weighted by Gasteiger charge is 2.37. The average Bonchev–Trinajstić information content (AvgIpc) is 3.24. The number of aromatic nitrogens is 4. The van der Waals surface area contributed by atoms with Crippen molar-refractivity contribution >= 4 is 35.0 Å². The lowest BCUT2D eigenvalue weighted by Crippen LogP contribution is -2.19. The maximum absolute atomic E-state index is 12.7. The number of hydrogen-bond donors (Lipinski definition) is 0. The Hall–Kier alpha value is -2.25. The first-order chi connectivity index (χ1) is 12.9. The van der Waals surface area contributed by atoms with E-state index in [-0.39, 0.29) is 34.7 Å². The van der Waals surface area contributed by atoms with Gasteiger partial charge < -0.3 is 4.74 Å². The summed E-state index contributed by atoms with van der Waals surface area (Å²) in [6.45, 7) is 1.98. The second-order valence-electron chi connectivity index (χ2n) is 6.82. The SMILES string of the molecule is Cc1nnnn1Cc1c(Cl)ccc(C(=O)OC2=CC(=O)C3CCC2C3)c1Cl. The largest absolute Gasteiger partial charge is 0.427 e. The summed E-state index contributed by atoms with van der Waals surface area (Å²) in [4.78, 5) is 24.7. The van der Waals surface area contributed by atoms with Crippen molar-refractivity contribution in [2.75, 3.05) is 0 Å². The van der Waals surface area contributed by atoms with Crippen LogP contribution in [0, 0.1) is 18.8 Å². The average molecular weight is 407 g/mol. The molecule has 0 radical (unpaired) electrons. The summed E-state index contributed by atoms with van der Waals surface area (Å²) in [6, 6.07) is 3.11. The number of halogens is 2. The van der Waals surface area contributed by atoms with Crippen molar-refractivity contribution in [1.29, 1.82) is 0 Å². The number of ether oxygens (including phenoxy) is 1. The van der Waals surface area contributed by atoms with Crippen molar-refractivity contribution in [3.63, 3.8) is 0 Å². The Bertz CT molecular complexity index is 970. The molecule has 1 aromatic carbocycles. The molecule has 2 aliphatic carbocycles. The first-order valence-electron chi connectivity index (χ1n) is 8.61. The number of nitrogens with zero attached hydrogens (tertiary/aromatic N) is 4. The molecule has 0 saturated heterocycles. The van der Waals surface area contributed by atoms with Crippen LogP contribution in [0.3, 0.4) is 0 Å². The molecule has 1 fully saturated rings. The monoisotopic (exact) mass is 406 g/mol. The van der Waals surface area contributed by atoms with Crippen LogP contribution in [0.2, 0.25) is 10.0 Å². The van der Waals surface area contributed by atoms with Crippen LogP contribution in [0.25, 0.3) is 0 Å². The summed E-state index contributed by atoms with van der Waals surface area (Å²) in [5, 5.41) is 11.9. The van der Waals surface area contributed by atoms with Gasteiger partial charge in [-0.05, 0) is 48.7 Å². The summed E-state index contributed by atoms with van der Waals surface area (Å²) >= 11 is 12.7. The lowest BCUT2D eigenvalue weighted by atomic mass is 9.93. The highest BCUT2D eigenvalue weighted by Crippen LogP contribution is 2.41. The Morgan fingerprint density at radius 3 is 2.81 bits per heavy atom. The molecular formula is C18H16Cl2N4O3.